The standard InChI is InChI=1S/C3H7F.3C3H8.C2H3F3/c1-3(2)4;3*1-3-2;1-2(3,4)5/h3H,1-2H3;3*3H2,1-2H3;1H3/i;3D2;;;. The Kier molecular flexibility index (Phi) is 38.2. The molecule has 18 heavy (non-hydrogen) atoms. The van der Waals surface area contributed by atoms with Crippen LogP contribution >= 0.6 is 0 Å². The largest absolute Gasteiger partial charge is 0.386 e. The molecule has 0 aromatic heterocycles. The zero-order valence-corrected chi connectivity index (χ0v) is 13.5. The topological polar surface area (TPSA) is 0 Å². The summed E-state index contributed by atoms with van der Waals surface area (Å²) in [5.41, 5.74) is 0. The lowest BCUT2D eigenvalue weighted by molar-refractivity contribution is -0.110. The summed E-state index contributed by atoms with van der Waals surface area (Å²) in [6.45, 7) is 14.7. The first-order valence-corrected chi connectivity index (χ1v) is 6.27. The minimum Gasteiger partial charge on any atom is -0.248 e. The van der Waals surface area contributed by atoms with Gasteiger partial charge in [0.15, 0.2) is 0 Å². The predicted octanol–water partition coefficient (Wildman–Crippen LogP) is 7.18. The summed E-state index contributed by atoms with van der Waals surface area (Å²) in [6.07, 6.45) is -3.17. The molecule has 0 spiro atoms. The summed E-state index contributed by atoms with van der Waals surface area (Å²) < 4.78 is 55.3. The SMILES string of the molecule is CC(C)F.CC(F)(F)F.CCC.CCC.[2H]C([2H])(C)C. The summed E-state index contributed by atoms with van der Waals surface area (Å²) in [5, 5.41) is 0. The van der Waals surface area contributed by atoms with Gasteiger partial charge in [-0.2, -0.15) is 13.2 Å². The van der Waals surface area contributed by atoms with Gasteiger partial charge in [-0.1, -0.05) is 60.8 Å². The molecule has 0 aliphatic carbocycles. The van der Waals surface area contributed by atoms with Crippen molar-refractivity contribution < 1.29 is 20.3 Å². The van der Waals surface area contributed by atoms with E-state index in [-0.39, 0.29) is 6.92 Å². The molecule has 0 rings (SSSR count). The first-order chi connectivity index (χ1) is 8.56. The molecule has 0 nitrogen and oxygen atoms in total. The highest BCUT2D eigenvalue weighted by molar-refractivity contribution is 4.26. The molecule has 0 heterocycles. The maximum absolute atomic E-state index is 11.0. The van der Waals surface area contributed by atoms with Crippen LogP contribution in [0.1, 0.15) is 84.3 Å². The quantitative estimate of drug-likeness (QED) is 0.412. The third-order valence-corrected chi connectivity index (χ3v) is 0. The van der Waals surface area contributed by atoms with Crippen LogP contribution in [0.2, 0.25) is 0 Å². The van der Waals surface area contributed by atoms with Crippen molar-refractivity contribution in [2.24, 2.45) is 0 Å². The van der Waals surface area contributed by atoms with Crippen LogP contribution in [0, 0.1) is 0 Å². The van der Waals surface area contributed by atoms with E-state index < -0.39 is 18.7 Å². The number of hydrogen-bond donors (Lipinski definition) is 0. The monoisotopic (exact) mass is 280 g/mol. The van der Waals surface area contributed by atoms with Gasteiger partial charge in [0, 0.05) is 9.67 Å². The summed E-state index contributed by atoms with van der Waals surface area (Å²) in [4.78, 5) is 0. The molecule has 0 saturated heterocycles. The van der Waals surface area contributed by atoms with Crippen molar-refractivity contribution in [2.45, 2.75) is 93.9 Å². The van der Waals surface area contributed by atoms with Crippen LogP contribution < -0.4 is 0 Å². The van der Waals surface area contributed by atoms with E-state index in [2.05, 4.69) is 27.7 Å². The normalized spacial score (nSPS) is 10.8. The van der Waals surface area contributed by atoms with E-state index in [9.17, 15) is 17.6 Å². The van der Waals surface area contributed by atoms with Crippen molar-refractivity contribution in [1.29, 1.82) is 0 Å². The van der Waals surface area contributed by atoms with Gasteiger partial charge in [0.25, 0.3) is 0 Å². The van der Waals surface area contributed by atoms with Gasteiger partial charge in [-0.05, 0) is 13.8 Å². The Labute approximate surface area is 115 Å². The Hall–Kier alpha value is -0.280. The maximum atomic E-state index is 11.0. The fourth-order valence-corrected chi connectivity index (χ4v) is 0. The van der Waals surface area contributed by atoms with E-state index in [1.807, 2.05) is 0 Å². The third kappa shape index (κ3) is 43400. The molecule has 0 N–H and O–H groups in total. The van der Waals surface area contributed by atoms with Gasteiger partial charge in [0.2, 0.25) is 0 Å². The van der Waals surface area contributed by atoms with Crippen LogP contribution in [-0.4, -0.2) is 12.3 Å². The lowest BCUT2D eigenvalue weighted by atomic mass is 10.5. The molecule has 118 valence electrons. The second kappa shape index (κ2) is 30.1. The Morgan fingerprint density at radius 1 is 0.889 bits per heavy atom. The van der Waals surface area contributed by atoms with Gasteiger partial charge in [0.05, 0.1) is 6.17 Å². The Balaban J connectivity index is -0.0000000478. The number of halogens is 4. The van der Waals surface area contributed by atoms with E-state index >= 15 is 0 Å². The zero-order valence-electron chi connectivity index (χ0n) is 15.5. The van der Waals surface area contributed by atoms with Gasteiger partial charge >= 0.3 is 6.18 Å². The Morgan fingerprint density at radius 3 is 0.889 bits per heavy atom. The van der Waals surface area contributed by atoms with Crippen LogP contribution in [0.4, 0.5) is 17.6 Å². The minimum atomic E-state index is -4.00. The van der Waals surface area contributed by atoms with Crippen molar-refractivity contribution in [3.63, 3.8) is 0 Å². The average Bonchev–Trinajstić information content (AvgIpc) is 1.96. The fraction of sp³-hybridized carbons (Fsp3) is 1.00. The minimum absolute atomic E-state index is 0.188. The highest BCUT2D eigenvalue weighted by atomic mass is 19.4. The van der Waals surface area contributed by atoms with Crippen molar-refractivity contribution >= 4 is 0 Å². The molecule has 0 bridgehead atoms. The molecule has 4 heteroatoms. The smallest absolute Gasteiger partial charge is 0.248 e. The first-order valence-electron chi connectivity index (χ1n) is 7.27. The van der Waals surface area contributed by atoms with E-state index in [0.29, 0.717) is 0 Å². The van der Waals surface area contributed by atoms with Gasteiger partial charge in [-0.3, -0.25) is 0 Å². The fourth-order valence-electron chi connectivity index (χ4n) is 0. The van der Waals surface area contributed by atoms with Gasteiger partial charge in [-0.25, -0.2) is 4.39 Å². The lowest BCUT2D eigenvalue weighted by Gasteiger charge is -1.88. The molecule has 0 atom stereocenters. The Morgan fingerprint density at radius 2 is 0.889 bits per heavy atom. The van der Waals surface area contributed by atoms with Crippen LogP contribution in [0.25, 0.3) is 0 Å². The molecule has 0 saturated carbocycles. The summed E-state index contributed by atoms with van der Waals surface area (Å²) in [5.74, 6) is 0. The lowest BCUT2D eigenvalue weighted by Crippen LogP contribution is -1.95. The van der Waals surface area contributed by atoms with Crippen LogP contribution in [0.5, 0.6) is 0 Å². The van der Waals surface area contributed by atoms with E-state index in [0.717, 1.165) is 0 Å². The number of alkyl halides is 4. The highest BCUT2D eigenvalue weighted by Gasteiger charge is 2.15. The summed E-state index contributed by atoms with van der Waals surface area (Å²) in [7, 11) is 0. The molecule has 0 aromatic rings. The van der Waals surface area contributed by atoms with Crippen molar-refractivity contribution in [3.05, 3.63) is 0 Å². The van der Waals surface area contributed by atoms with Crippen molar-refractivity contribution in [1.82, 2.24) is 0 Å². The highest BCUT2D eigenvalue weighted by Crippen LogP contribution is 2.10. The first kappa shape index (κ1) is 22.9. The second-order valence-electron chi connectivity index (χ2n) is 3.71. The van der Waals surface area contributed by atoms with E-state index in [1.54, 1.807) is 0 Å². The van der Waals surface area contributed by atoms with Gasteiger partial charge in [0.1, 0.15) is 0 Å². The van der Waals surface area contributed by atoms with Crippen LogP contribution in [-0.2, 0) is 0 Å². The molecule has 0 aliphatic rings. The molecule has 0 radical (unpaired) electrons. The van der Waals surface area contributed by atoms with Crippen LogP contribution in [0.3, 0.4) is 0 Å². The van der Waals surface area contributed by atoms with E-state index in [4.69, 9.17) is 2.74 Å². The second-order valence-corrected chi connectivity index (χ2v) is 3.71. The van der Waals surface area contributed by atoms with Crippen molar-refractivity contribution in [2.75, 3.05) is 0 Å². The van der Waals surface area contributed by atoms with Crippen molar-refractivity contribution in [3.8, 4) is 0 Å². The molecule has 0 amide bonds. The summed E-state index contributed by atoms with van der Waals surface area (Å²) >= 11 is 0. The number of hydrogen-bond acceptors (Lipinski definition) is 0. The maximum Gasteiger partial charge on any atom is 0.386 e. The molecule has 0 aliphatic heterocycles. The molecular formula is C14H34F4. The van der Waals surface area contributed by atoms with Crippen LogP contribution in [0.15, 0.2) is 0 Å². The molecular weight excluding hydrogens is 244 g/mol. The molecule has 0 fully saturated rings. The average molecular weight is 280 g/mol. The number of rotatable bonds is 0. The molecule has 0 aromatic carbocycles. The third-order valence-electron chi connectivity index (χ3n) is 0. The summed E-state index contributed by atoms with van der Waals surface area (Å²) in [6, 6.07) is 0. The zero-order chi connectivity index (χ0) is 18.0. The Bertz CT molecular complexity index is 112. The predicted molar refractivity (Wildman–Crippen MR) is 75.9 cm³/mol. The van der Waals surface area contributed by atoms with Gasteiger partial charge < -0.3 is 0 Å². The van der Waals surface area contributed by atoms with Gasteiger partial charge in [-0.15, -0.1) is 0 Å². The molecule has 0 unspecified atom stereocenters. The van der Waals surface area contributed by atoms with E-state index in [1.165, 1.54) is 40.5 Å².